The molecule has 2 aromatic heterocycles. The molecule has 0 atom stereocenters. The van der Waals surface area contributed by atoms with E-state index in [0.29, 0.717) is 5.82 Å². The third-order valence-corrected chi connectivity index (χ3v) is 12.0. The summed E-state index contributed by atoms with van der Waals surface area (Å²) >= 11 is 0. The number of aromatic nitrogens is 3. The van der Waals surface area contributed by atoms with Crippen molar-refractivity contribution in [1.29, 1.82) is 0 Å². The Morgan fingerprint density at radius 1 is 0.267 bits per heavy atom. The number of pyridine rings is 1. The van der Waals surface area contributed by atoms with Crippen LogP contribution < -0.4 is 0 Å². The Hall–Kier alpha value is -8.01. The normalized spacial score (nSPS) is 11.7. The van der Waals surface area contributed by atoms with Gasteiger partial charge < -0.3 is 0 Å². The van der Waals surface area contributed by atoms with E-state index in [1.165, 1.54) is 37.7 Å². The number of nitrogens with zero attached hydrogens (tertiary/aromatic N) is 3. The molecule has 10 aromatic carbocycles. The van der Waals surface area contributed by atoms with Crippen LogP contribution in [-0.2, 0) is 0 Å². The molecule has 0 fully saturated rings. The summed E-state index contributed by atoms with van der Waals surface area (Å²) in [6.07, 6.45) is 0. The largest absolute Gasteiger partial charge is 0.247 e. The third-order valence-electron chi connectivity index (χ3n) is 12.0. The zero-order valence-electron chi connectivity index (χ0n) is 32.5. The number of fused-ring (bicyclic) bond motifs is 8. The van der Waals surface area contributed by atoms with E-state index in [2.05, 4.69) is 212 Å². The smallest absolute Gasteiger partial charge is 0.160 e. The summed E-state index contributed by atoms with van der Waals surface area (Å²) in [5, 5.41) is 13.0. The monoisotopic (exact) mass is 761 g/mol. The molecule has 0 N–H and O–H groups in total. The maximum atomic E-state index is 5.36. The van der Waals surface area contributed by atoms with Gasteiger partial charge in [-0.2, -0.15) is 0 Å². The quantitative estimate of drug-likeness (QED) is 0.164. The van der Waals surface area contributed by atoms with Gasteiger partial charge in [0.05, 0.1) is 22.6 Å². The first-order valence-corrected chi connectivity index (χ1v) is 20.4. The molecule has 0 saturated carbocycles. The highest BCUT2D eigenvalue weighted by Crippen LogP contribution is 2.43. The van der Waals surface area contributed by atoms with E-state index >= 15 is 0 Å². The summed E-state index contributed by atoms with van der Waals surface area (Å²) in [6, 6.07) is 75.7. The average Bonchev–Trinajstić information content (AvgIpc) is 3.32. The molecule has 2 heterocycles. The number of hydrogen-bond acceptors (Lipinski definition) is 3. The van der Waals surface area contributed by atoms with Crippen molar-refractivity contribution in [2.75, 3.05) is 0 Å². The molecule has 60 heavy (non-hydrogen) atoms. The van der Waals surface area contributed by atoms with E-state index in [4.69, 9.17) is 15.0 Å². The first kappa shape index (κ1) is 34.1. The molecule has 0 radical (unpaired) electrons. The molecule has 3 heteroatoms. The Kier molecular flexibility index (Phi) is 7.85. The standard InChI is InChI=1S/C57H35N3/c1-2-16-41-33-42(32-27-36(41)13-1)56-51-34-50(45-21-7-8-22-48(45)55(51)49-23-9-10-26-52(49)58-56)39-28-30-40(31-29-39)57-59-53(46-24-11-17-37-14-3-5-19-43(37)46)35-54(60-57)47-25-12-18-38-15-4-6-20-44(38)47/h1-35H. The van der Waals surface area contributed by atoms with Gasteiger partial charge >= 0.3 is 0 Å². The Labute approximate surface area is 346 Å². The van der Waals surface area contributed by atoms with Gasteiger partial charge in [-0.05, 0) is 78.5 Å². The van der Waals surface area contributed by atoms with Crippen LogP contribution in [0.25, 0.3) is 121 Å². The molecule has 0 aliphatic carbocycles. The average molecular weight is 762 g/mol. The molecule has 278 valence electrons. The van der Waals surface area contributed by atoms with Crippen molar-refractivity contribution < 1.29 is 0 Å². The second-order valence-electron chi connectivity index (χ2n) is 15.5. The molecule has 12 rings (SSSR count). The van der Waals surface area contributed by atoms with Gasteiger partial charge in [-0.25, -0.2) is 15.0 Å². The summed E-state index contributed by atoms with van der Waals surface area (Å²) in [7, 11) is 0. The number of rotatable bonds is 5. The summed E-state index contributed by atoms with van der Waals surface area (Å²) in [5.74, 6) is 0.688. The van der Waals surface area contributed by atoms with E-state index < -0.39 is 0 Å². The topological polar surface area (TPSA) is 38.7 Å². The molecule has 0 unspecified atom stereocenters. The summed E-state index contributed by atoms with van der Waals surface area (Å²) in [5.41, 5.74) is 10.3. The van der Waals surface area contributed by atoms with Crippen molar-refractivity contribution in [1.82, 2.24) is 15.0 Å². The van der Waals surface area contributed by atoms with Crippen LogP contribution in [0, 0.1) is 0 Å². The van der Waals surface area contributed by atoms with Gasteiger partial charge in [0.25, 0.3) is 0 Å². The first-order valence-electron chi connectivity index (χ1n) is 20.4. The first-order chi connectivity index (χ1) is 29.7. The van der Waals surface area contributed by atoms with Crippen molar-refractivity contribution in [3.8, 4) is 56.3 Å². The summed E-state index contributed by atoms with van der Waals surface area (Å²) in [4.78, 5) is 16.0. The van der Waals surface area contributed by atoms with Gasteiger partial charge in [0.15, 0.2) is 5.82 Å². The van der Waals surface area contributed by atoms with Crippen molar-refractivity contribution in [3.63, 3.8) is 0 Å². The lowest BCUT2D eigenvalue weighted by Crippen LogP contribution is -1.97. The number of para-hydroxylation sites is 1. The van der Waals surface area contributed by atoms with Gasteiger partial charge in [0.2, 0.25) is 0 Å². The molecule has 0 spiro atoms. The summed E-state index contributed by atoms with van der Waals surface area (Å²) < 4.78 is 0. The van der Waals surface area contributed by atoms with Crippen LogP contribution in [-0.4, -0.2) is 15.0 Å². The van der Waals surface area contributed by atoms with E-state index in [-0.39, 0.29) is 0 Å². The Morgan fingerprint density at radius 2 is 0.783 bits per heavy atom. The fourth-order valence-corrected chi connectivity index (χ4v) is 9.16. The van der Waals surface area contributed by atoms with Crippen LogP contribution >= 0.6 is 0 Å². The Morgan fingerprint density at radius 3 is 1.47 bits per heavy atom. The van der Waals surface area contributed by atoms with E-state index in [0.717, 1.165) is 77.5 Å². The maximum absolute atomic E-state index is 5.36. The van der Waals surface area contributed by atoms with E-state index in [1.54, 1.807) is 0 Å². The minimum absolute atomic E-state index is 0.688. The minimum atomic E-state index is 0.688. The lowest BCUT2D eigenvalue weighted by molar-refractivity contribution is 1.19. The van der Waals surface area contributed by atoms with Gasteiger partial charge in [0.1, 0.15) is 0 Å². The maximum Gasteiger partial charge on any atom is 0.160 e. The van der Waals surface area contributed by atoms with E-state index in [9.17, 15) is 0 Å². The fraction of sp³-hybridized carbons (Fsp3) is 0. The van der Waals surface area contributed by atoms with Crippen LogP contribution in [0.1, 0.15) is 0 Å². The molecule has 12 aromatic rings. The van der Waals surface area contributed by atoms with Crippen molar-refractivity contribution in [2.45, 2.75) is 0 Å². The highest BCUT2D eigenvalue weighted by Gasteiger charge is 2.18. The predicted molar refractivity (Wildman–Crippen MR) is 252 cm³/mol. The van der Waals surface area contributed by atoms with E-state index in [1.807, 2.05) is 0 Å². The molecule has 0 saturated heterocycles. The van der Waals surface area contributed by atoms with Gasteiger partial charge in [0, 0.05) is 38.4 Å². The van der Waals surface area contributed by atoms with Crippen molar-refractivity contribution in [3.05, 3.63) is 212 Å². The number of benzene rings is 10. The minimum Gasteiger partial charge on any atom is -0.247 e. The highest BCUT2D eigenvalue weighted by molar-refractivity contribution is 6.25. The van der Waals surface area contributed by atoms with Gasteiger partial charge in [-0.3, -0.25) is 0 Å². The zero-order chi connectivity index (χ0) is 39.6. The van der Waals surface area contributed by atoms with Crippen LogP contribution in [0.2, 0.25) is 0 Å². The third kappa shape index (κ3) is 5.63. The van der Waals surface area contributed by atoms with Gasteiger partial charge in [-0.15, -0.1) is 0 Å². The lowest BCUT2D eigenvalue weighted by Gasteiger charge is -2.17. The Balaban J connectivity index is 1.05. The second kappa shape index (κ2) is 13.8. The van der Waals surface area contributed by atoms with Crippen molar-refractivity contribution in [2.24, 2.45) is 0 Å². The van der Waals surface area contributed by atoms with Gasteiger partial charge in [-0.1, -0.05) is 188 Å². The highest BCUT2D eigenvalue weighted by atomic mass is 14.9. The van der Waals surface area contributed by atoms with Crippen LogP contribution in [0.3, 0.4) is 0 Å². The van der Waals surface area contributed by atoms with Crippen molar-refractivity contribution >= 4 is 64.8 Å². The molecule has 0 aliphatic rings. The van der Waals surface area contributed by atoms with Crippen LogP contribution in [0.4, 0.5) is 0 Å². The number of hydrogen-bond donors (Lipinski definition) is 0. The molecular weight excluding hydrogens is 727 g/mol. The second-order valence-corrected chi connectivity index (χ2v) is 15.5. The molecule has 0 aliphatic heterocycles. The Bertz CT molecular complexity index is 3550. The lowest BCUT2D eigenvalue weighted by atomic mass is 9.89. The molecule has 3 nitrogen and oxygen atoms in total. The fourth-order valence-electron chi connectivity index (χ4n) is 9.16. The SMILES string of the molecule is c1ccc2cc(-c3nc4ccccc4c4c3cc(-c3ccc(-c5nc(-c6cccc7ccccc67)cc(-c6cccc7ccccc67)n5)cc3)c3ccccc34)ccc2c1. The van der Waals surface area contributed by atoms with Crippen LogP contribution in [0.15, 0.2) is 212 Å². The zero-order valence-corrected chi connectivity index (χ0v) is 32.5. The predicted octanol–water partition coefficient (Wildman–Crippen LogP) is 15.1. The molecule has 0 amide bonds. The molecule has 0 bridgehead atoms. The molecular formula is C57H35N3. The van der Waals surface area contributed by atoms with Crippen LogP contribution in [0.5, 0.6) is 0 Å². The summed E-state index contributed by atoms with van der Waals surface area (Å²) in [6.45, 7) is 0.